The van der Waals surface area contributed by atoms with Gasteiger partial charge in [0.25, 0.3) is 54.4 Å². The highest BCUT2D eigenvalue weighted by molar-refractivity contribution is 7.90. The van der Waals surface area contributed by atoms with E-state index in [1.165, 1.54) is 162 Å². The van der Waals surface area contributed by atoms with Crippen LogP contribution in [0.4, 0.5) is 26.3 Å². The number of carbonyl (C=O) groups excluding carboxylic acids is 4. The molecule has 0 unspecified atom stereocenters. The number of amides is 3. The standard InChI is InChI=1S/C34H25F2N5O6S.C33H25F2N5O5S.C27H21F2N5O3.C4H8O/c1-47-34(44)30-17-22(27-20-41(31-25(27)9-5-13-37-31)48(45,46)24-7-3-2-4-8-24)16-23(39-30)18-38-32(42)26-10-6-14-40(33(26)43)19-21-11-12-28(35)29(36)15-21;34-29-11-10-21(14-30(29)35)18-39-13-5-9-27(33(39)43)32(42)37-17-23-15-22(16-24(20-41)38-23)28-19-40(31-26(28)8-4-12-36-31)46(44,45)25-6-2-1-3-7-25;28-23-6-5-16(9-24(23)29)14-34-8-2-4-21(27(34)37)26(36)32-12-18-10-17(11-19(15-35)33-18)22-13-31-25-20(22)3-1-7-30-25;1-2-4-5-3-1/h2-17,20H,18-19H2,1H3,(H,38,42);1-16,19,41H,17-18,20H2,(H,37,42);1-11,13,35H,12,14-15H2,(H,30,31)(H,32,36);1-4H2. The number of aromatic nitrogens is 12. The summed E-state index contributed by atoms with van der Waals surface area (Å²) in [6, 6.07) is 54.6. The molecule has 13 heterocycles. The molecule has 1 fully saturated rings. The van der Waals surface area contributed by atoms with E-state index in [9.17, 15) is 87.0 Å². The van der Waals surface area contributed by atoms with Gasteiger partial charge in [-0.2, -0.15) is 0 Å². The molecule has 38 heteroatoms. The van der Waals surface area contributed by atoms with E-state index >= 15 is 0 Å². The van der Waals surface area contributed by atoms with Crippen LogP contribution in [0.15, 0.2) is 304 Å². The molecule has 12 aromatic heterocycles. The molecule has 1 aliphatic rings. The van der Waals surface area contributed by atoms with Crippen LogP contribution in [0.1, 0.15) is 99.6 Å². The third-order valence-corrected chi connectivity index (χ3v) is 24.8. The molecule has 0 radical (unpaired) electrons. The molecule has 1 aliphatic heterocycles. The number of carbonyl (C=O) groups is 4. The lowest BCUT2D eigenvalue weighted by atomic mass is 10.0. The Morgan fingerprint density at radius 2 is 0.787 bits per heavy atom. The number of hydrogen-bond acceptors (Lipinski definition) is 21. The molecule has 136 heavy (non-hydrogen) atoms. The van der Waals surface area contributed by atoms with Crippen LogP contribution in [0.3, 0.4) is 0 Å². The number of methoxy groups -OCH3 is 1. The minimum Gasteiger partial charge on any atom is -0.464 e. The lowest BCUT2D eigenvalue weighted by molar-refractivity contribution is 0.0593. The monoisotopic (exact) mass is 1880 g/mol. The fraction of sp³-hybridized carbons (Fsp3) is 0.133. The van der Waals surface area contributed by atoms with Crippen LogP contribution >= 0.6 is 0 Å². The Kier molecular flexibility index (Phi) is 29.2. The molecule has 0 saturated carbocycles. The van der Waals surface area contributed by atoms with Gasteiger partial charge in [-0.15, -0.1) is 0 Å². The molecule has 5 aromatic carbocycles. The van der Waals surface area contributed by atoms with Gasteiger partial charge >= 0.3 is 5.97 Å². The first-order chi connectivity index (χ1) is 65.6. The number of benzene rings is 5. The third-order valence-electron chi connectivity index (χ3n) is 21.4. The van der Waals surface area contributed by atoms with Gasteiger partial charge in [0.2, 0.25) is 0 Å². The van der Waals surface area contributed by atoms with E-state index in [4.69, 9.17) is 9.47 Å². The quantitative estimate of drug-likeness (QED) is 0.0229. The highest BCUT2D eigenvalue weighted by Crippen LogP contribution is 2.36. The number of fused-ring (bicyclic) bond motifs is 3. The van der Waals surface area contributed by atoms with Crippen molar-refractivity contribution in [3.63, 3.8) is 0 Å². The Morgan fingerprint density at radius 3 is 1.16 bits per heavy atom. The number of esters is 1. The van der Waals surface area contributed by atoms with Gasteiger partial charge in [0.15, 0.2) is 46.2 Å². The van der Waals surface area contributed by atoms with Gasteiger partial charge in [0.1, 0.15) is 28.0 Å². The van der Waals surface area contributed by atoms with Crippen molar-refractivity contribution in [3.8, 4) is 33.4 Å². The molecule has 6 N–H and O–H groups in total. The first kappa shape index (κ1) is 94.4. The molecule has 30 nitrogen and oxygen atoms in total. The van der Waals surface area contributed by atoms with Gasteiger partial charge in [0.05, 0.1) is 97.9 Å². The molecule has 0 bridgehead atoms. The van der Waals surface area contributed by atoms with Crippen LogP contribution in [-0.2, 0) is 82.0 Å². The lowest BCUT2D eigenvalue weighted by Crippen LogP contribution is -2.33. The number of hydrogen-bond donors (Lipinski definition) is 6. The summed E-state index contributed by atoms with van der Waals surface area (Å²) >= 11 is 0. The van der Waals surface area contributed by atoms with Crippen molar-refractivity contribution in [2.24, 2.45) is 0 Å². The van der Waals surface area contributed by atoms with Crippen molar-refractivity contribution in [1.82, 2.24) is 72.5 Å². The van der Waals surface area contributed by atoms with Crippen molar-refractivity contribution in [1.29, 1.82) is 0 Å². The number of ether oxygens (including phenoxy) is 2. The Labute approximate surface area is 769 Å². The number of aromatic amines is 1. The summed E-state index contributed by atoms with van der Waals surface area (Å²) in [5, 5.41) is 29.6. The number of aliphatic hydroxyl groups excluding tert-OH is 2. The number of nitrogens with one attached hydrogen (secondary N) is 4. The highest BCUT2D eigenvalue weighted by Gasteiger charge is 2.28. The topological polar surface area (TPSA) is 401 Å². The Hall–Kier alpha value is -16.3. The lowest BCUT2D eigenvalue weighted by Gasteiger charge is -2.11. The molecule has 18 rings (SSSR count). The van der Waals surface area contributed by atoms with Crippen molar-refractivity contribution >= 4 is 76.8 Å². The van der Waals surface area contributed by atoms with E-state index in [1.807, 2.05) is 18.3 Å². The Morgan fingerprint density at radius 1 is 0.419 bits per heavy atom. The van der Waals surface area contributed by atoms with Gasteiger partial charge in [0, 0.05) is 102 Å². The number of H-pyrrole nitrogens is 1. The largest absolute Gasteiger partial charge is 0.464 e. The SMILES string of the molecule is C1CCOC1.COC(=O)c1cc(-c2cn(S(=O)(=O)c3ccccc3)c3ncccc23)cc(CNC(=O)c2cccn(Cc3ccc(F)c(F)c3)c2=O)n1.O=C(NCc1cc(-c2c[nH]c3ncccc23)cc(CO)n1)c1cccn(Cc2ccc(F)c(F)c2)c1=O.O=C(NCc1cc(-c2cn(S(=O)(=O)c3ccccc3)c3ncccc23)cc(CO)n1)c1cccn(Cc2ccc(F)c(F)c2)c1=O. The fourth-order valence-corrected chi connectivity index (χ4v) is 17.5. The number of aliphatic hydroxyl groups is 2. The predicted octanol–water partition coefficient (Wildman–Crippen LogP) is 13.1. The summed E-state index contributed by atoms with van der Waals surface area (Å²) in [7, 11) is -6.87. The zero-order valence-electron chi connectivity index (χ0n) is 71.7. The molecule has 17 aromatic rings. The second kappa shape index (κ2) is 42.1. The van der Waals surface area contributed by atoms with E-state index in [0.717, 1.165) is 79.7 Å². The minimum absolute atomic E-state index is 0.0117. The molecule has 0 spiro atoms. The summed E-state index contributed by atoms with van der Waals surface area (Å²) in [4.78, 5) is 120. The van der Waals surface area contributed by atoms with Gasteiger partial charge in [-0.25, -0.2) is 75.9 Å². The first-order valence-electron chi connectivity index (χ1n) is 41.7. The van der Waals surface area contributed by atoms with Gasteiger partial charge in [-0.1, -0.05) is 54.6 Å². The van der Waals surface area contributed by atoms with E-state index < -0.39 is 102 Å². The molecule has 1 saturated heterocycles. The Balaban J connectivity index is 0.000000152. The second-order valence-electron chi connectivity index (χ2n) is 30.6. The van der Waals surface area contributed by atoms with Crippen LogP contribution in [-0.4, -0.2) is 128 Å². The number of halogens is 6. The van der Waals surface area contributed by atoms with Crippen LogP contribution in [0.5, 0.6) is 0 Å². The van der Waals surface area contributed by atoms with E-state index in [2.05, 4.69) is 50.8 Å². The van der Waals surface area contributed by atoms with Crippen molar-refractivity contribution < 1.29 is 82.0 Å². The van der Waals surface area contributed by atoms with Gasteiger partial charge in [-0.3, -0.25) is 38.7 Å². The maximum atomic E-state index is 13.7. The van der Waals surface area contributed by atoms with Crippen molar-refractivity contribution in [3.05, 3.63) is 414 Å². The van der Waals surface area contributed by atoms with Crippen LogP contribution in [0, 0.1) is 34.9 Å². The van der Waals surface area contributed by atoms with Crippen LogP contribution in [0.2, 0.25) is 0 Å². The molecule has 690 valence electrons. The maximum Gasteiger partial charge on any atom is 0.356 e. The minimum atomic E-state index is -4.05. The van der Waals surface area contributed by atoms with Crippen molar-refractivity contribution in [2.45, 2.75) is 75.1 Å². The maximum absolute atomic E-state index is 13.7. The summed E-state index contributed by atoms with van der Waals surface area (Å²) in [6.07, 6.45) is 16.2. The molecular weight excluding hydrogens is 1810 g/mol. The van der Waals surface area contributed by atoms with E-state index in [1.54, 1.807) is 97.2 Å². The molecular formula is C98H79F6N15O15S2. The Bertz CT molecular complexity index is 7850. The zero-order valence-corrected chi connectivity index (χ0v) is 73.4. The van der Waals surface area contributed by atoms with Gasteiger partial charge in [-0.05, 0) is 216 Å². The average Bonchev–Trinajstić information content (AvgIpc) is 1.60. The number of rotatable bonds is 25. The third kappa shape index (κ3) is 21.6. The number of pyridine rings is 9. The molecule has 0 aliphatic carbocycles. The smallest absolute Gasteiger partial charge is 0.356 e. The normalized spacial score (nSPS) is 11.8. The fourth-order valence-electron chi connectivity index (χ4n) is 14.8. The molecule has 0 atom stereocenters. The summed E-state index contributed by atoms with van der Waals surface area (Å²) in [6.45, 7) is 0.723. The van der Waals surface area contributed by atoms with Crippen LogP contribution < -0.4 is 32.6 Å². The van der Waals surface area contributed by atoms with Gasteiger partial charge < -0.3 is 54.3 Å². The summed E-state index contributed by atoms with van der Waals surface area (Å²) in [5.74, 6) is -8.96. The summed E-state index contributed by atoms with van der Waals surface area (Å²) < 4.78 is 151. The van der Waals surface area contributed by atoms with E-state index in [-0.39, 0.29) is 101 Å². The number of nitrogens with zero attached hydrogens (tertiary/aromatic N) is 11. The zero-order chi connectivity index (χ0) is 95.9. The average molecular weight is 1880 g/mol. The first-order valence-corrected chi connectivity index (χ1v) is 44.6. The summed E-state index contributed by atoms with van der Waals surface area (Å²) in [5.41, 5.74) is 4.86. The van der Waals surface area contributed by atoms with Crippen LogP contribution in [0.25, 0.3) is 66.5 Å². The molecule has 3 amide bonds. The second-order valence-corrected chi connectivity index (χ2v) is 34.2. The predicted molar refractivity (Wildman–Crippen MR) is 489 cm³/mol. The van der Waals surface area contributed by atoms with Crippen molar-refractivity contribution in [2.75, 3.05) is 20.3 Å². The highest BCUT2D eigenvalue weighted by atomic mass is 32.2. The van der Waals surface area contributed by atoms with E-state index in [0.29, 0.717) is 66.8 Å².